The Kier molecular flexibility index (Phi) is 3.59. The highest BCUT2D eigenvalue weighted by molar-refractivity contribution is 6.00. The molecule has 3 nitrogen and oxygen atoms in total. The van der Waals surface area contributed by atoms with E-state index in [0.717, 1.165) is 36.7 Å². The maximum absolute atomic E-state index is 5.67. The molecule has 1 fully saturated rings. The predicted molar refractivity (Wildman–Crippen MR) is 90.2 cm³/mol. The first-order valence-corrected chi connectivity index (χ1v) is 8.30. The molecule has 0 amide bonds. The molecular weight excluding hydrogens is 272 g/mol. The third kappa shape index (κ3) is 2.40. The van der Waals surface area contributed by atoms with E-state index in [1.165, 1.54) is 41.0 Å². The smallest absolute Gasteiger partial charge is 0.170 e. The van der Waals surface area contributed by atoms with Gasteiger partial charge in [0, 0.05) is 10.9 Å². The molecule has 0 unspecified atom stereocenters. The Hall–Kier alpha value is -1.87. The lowest BCUT2D eigenvalue weighted by Crippen LogP contribution is -2.27. The van der Waals surface area contributed by atoms with Crippen LogP contribution in [0.2, 0.25) is 0 Å². The van der Waals surface area contributed by atoms with Crippen molar-refractivity contribution in [2.45, 2.75) is 32.6 Å². The van der Waals surface area contributed by atoms with Gasteiger partial charge in [0.1, 0.15) is 0 Å². The van der Waals surface area contributed by atoms with Gasteiger partial charge in [-0.2, -0.15) is 0 Å². The number of aromatic nitrogens is 1. The third-order valence-electron chi connectivity index (χ3n) is 5.06. The molecule has 2 heterocycles. The van der Waals surface area contributed by atoms with Crippen molar-refractivity contribution in [2.24, 2.45) is 5.92 Å². The molecule has 0 saturated carbocycles. The van der Waals surface area contributed by atoms with Crippen molar-refractivity contribution in [3.8, 4) is 0 Å². The third-order valence-corrected chi connectivity index (χ3v) is 5.06. The average Bonchev–Trinajstić information content (AvgIpc) is 2.97. The summed E-state index contributed by atoms with van der Waals surface area (Å²) >= 11 is 0. The van der Waals surface area contributed by atoms with Crippen molar-refractivity contribution in [1.82, 2.24) is 10.5 Å². The van der Waals surface area contributed by atoms with Crippen LogP contribution in [-0.2, 0) is 6.42 Å². The summed E-state index contributed by atoms with van der Waals surface area (Å²) in [5.74, 6) is 0.828. The molecule has 1 N–H and O–H groups in total. The van der Waals surface area contributed by atoms with Crippen LogP contribution < -0.4 is 5.32 Å². The van der Waals surface area contributed by atoms with Crippen LogP contribution in [0.25, 0.3) is 21.7 Å². The molecule has 0 atom stereocenters. The molecular formula is C19H22N2O. The number of nitrogens with one attached hydrogen (secondary N) is 1. The van der Waals surface area contributed by atoms with Crippen LogP contribution in [0.4, 0.5) is 0 Å². The van der Waals surface area contributed by atoms with E-state index in [2.05, 4.69) is 47.7 Å². The quantitative estimate of drug-likeness (QED) is 0.786. The normalized spacial score (nSPS) is 16.6. The minimum atomic E-state index is 0.828. The second-order valence-electron chi connectivity index (χ2n) is 6.46. The molecule has 114 valence electrons. The lowest BCUT2D eigenvalue weighted by molar-refractivity contribution is 0.350. The van der Waals surface area contributed by atoms with Gasteiger partial charge in [0.05, 0.1) is 5.69 Å². The predicted octanol–water partition coefficient (Wildman–Crippen LogP) is 4.22. The molecule has 1 aliphatic rings. The number of fused-ring (bicyclic) bond motifs is 2. The number of benzene rings is 2. The maximum Gasteiger partial charge on any atom is 0.170 e. The van der Waals surface area contributed by atoms with Crippen LogP contribution >= 0.6 is 0 Å². The second-order valence-corrected chi connectivity index (χ2v) is 6.46. The Morgan fingerprint density at radius 1 is 1.18 bits per heavy atom. The molecule has 22 heavy (non-hydrogen) atoms. The fourth-order valence-corrected chi connectivity index (χ4v) is 3.68. The molecule has 1 aliphatic heterocycles. The summed E-state index contributed by atoms with van der Waals surface area (Å²) in [4.78, 5) is 0. The van der Waals surface area contributed by atoms with E-state index in [4.69, 9.17) is 4.52 Å². The van der Waals surface area contributed by atoms with Crippen molar-refractivity contribution >= 4 is 21.7 Å². The van der Waals surface area contributed by atoms with Crippen LogP contribution in [0, 0.1) is 12.8 Å². The van der Waals surface area contributed by atoms with E-state index in [1.807, 2.05) is 0 Å². The second kappa shape index (κ2) is 5.73. The number of nitrogens with zero attached hydrogens (tertiary/aromatic N) is 1. The fourth-order valence-electron chi connectivity index (χ4n) is 3.68. The number of aryl methyl sites for hydroxylation is 2. The van der Waals surface area contributed by atoms with E-state index in [9.17, 15) is 0 Å². The van der Waals surface area contributed by atoms with E-state index >= 15 is 0 Å². The van der Waals surface area contributed by atoms with Crippen molar-refractivity contribution in [3.63, 3.8) is 0 Å². The molecule has 1 saturated heterocycles. The zero-order valence-corrected chi connectivity index (χ0v) is 13.1. The summed E-state index contributed by atoms with van der Waals surface area (Å²) in [6, 6.07) is 10.7. The van der Waals surface area contributed by atoms with Crippen LogP contribution in [0.5, 0.6) is 0 Å². The minimum Gasteiger partial charge on any atom is -0.356 e. The van der Waals surface area contributed by atoms with E-state index in [0.29, 0.717) is 0 Å². The summed E-state index contributed by atoms with van der Waals surface area (Å²) in [7, 11) is 0. The van der Waals surface area contributed by atoms with Crippen molar-refractivity contribution < 1.29 is 4.52 Å². The van der Waals surface area contributed by atoms with Crippen LogP contribution in [-0.4, -0.2) is 18.2 Å². The first kappa shape index (κ1) is 13.8. The summed E-state index contributed by atoms with van der Waals surface area (Å²) < 4.78 is 5.67. The fraction of sp³-hybridized carbons (Fsp3) is 0.421. The topological polar surface area (TPSA) is 38.1 Å². The van der Waals surface area contributed by atoms with Gasteiger partial charge in [0.15, 0.2) is 5.58 Å². The van der Waals surface area contributed by atoms with Gasteiger partial charge < -0.3 is 9.84 Å². The number of hydrogen-bond donors (Lipinski definition) is 1. The van der Waals surface area contributed by atoms with Crippen LogP contribution in [0.1, 0.15) is 30.5 Å². The number of piperidine rings is 1. The average molecular weight is 294 g/mol. The van der Waals surface area contributed by atoms with E-state index in [1.54, 1.807) is 0 Å². The summed E-state index contributed by atoms with van der Waals surface area (Å²) in [5.41, 5.74) is 3.29. The van der Waals surface area contributed by atoms with Gasteiger partial charge in [0.2, 0.25) is 0 Å². The molecule has 3 heteroatoms. The van der Waals surface area contributed by atoms with Crippen LogP contribution in [0.3, 0.4) is 0 Å². The Morgan fingerprint density at radius 2 is 2.00 bits per heavy atom. The van der Waals surface area contributed by atoms with Gasteiger partial charge in [-0.15, -0.1) is 0 Å². The molecule has 0 radical (unpaired) electrons. The zero-order chi connectivity index (χ0) is 14.9. The molecule has 0 aliphatic carbocycles. The highest BCUT2D eigenvalue weighted by Gasteiger charge is 2.17. The monoisotopic (exact) mass is 294 g/mol. The molecule has 4 rings (SSSR count). The largest absolute Gasteiger partial charge is 0.356 e. The SMILES string of the molecule is Cc1c2ccccc2cc2c(CCC3CCNCC3)noc12. The summed E-state index contributed by atoms with van der Waals surface area (Å²) in [6.07, 6.45) is 4.82. The Bertz CT molecular complexity index is 800. The number of hydrogen-bond acceptors (Lipinski definition) is 3. The van der Waals surface area contributed by atoms with E-state index in [-0.39, 0.29) is 0 Å². The lowest BCUT2D eigenvalue weighted by Gasteiger charge is -2.21. The van der Waals surface area contributed by atoms with Crippen molar-refractivity contribution in [1.29, 1.82) is 0 Å². The molecule has 3 aromatic rings. The highest BCUT2D eigenvalue weighted by Crippen LogP contribution is 2.31. The van der Waals surface area contributed by atoms with Crippen LogP contribution in [0.15, 0.2) is 34.9 Å². The maximum atomic E-state index is 5.67. The Morgan fingerprint density at radius 3 is 2.86 bits per heavy atom. The first-order chi connectivity index (χ1) is 10.8. The molecule has 0 spiro atoms. The standard InChI is InChI=1S/C19H22N2O/c1-13-16-5-3-2-4-15(16)12-17-18(21-22-19(13)17)7-6-14-8-10-20-11-9-14/h2-5,12,14,20H,6-11H2,1H3. The van der Waals surface area contributed by atoms with Crippen molar-refractivity contribution in [3.05, 3.63) is 41.6 Å². The Labute approximate surface area is 130 Å². The van der Waals surface area contributed by atoms with Gasteiger partial charge in [0.25, 0.3) is 0 Å². The summed E-state index contributed by atoms with van der Waals surface area (Å²) in [5, 5.41) is 11.5. The summed E-state index contributed by atoms with van der Waals surface area (Å²) in [6.45, 7) is 4.45. The molecule has 2 aromatic carbocycles. The minimum absolute atomic E-state index is 0.828. The highest BCUT2D eigenvalue weighted by atomic mass is 16.5. The van der Waals surface area contributed by atoms with Gasteiger partial charge in [-0.1, -0.05) is 29.4 Å². The molecule has 1 aromatic heterocycles. The lowest BCUT2D eigenvalue weighted by atomic mass is 9.91. The van der Waals surface area contributed by atoms with Crippen molar-refractivity contribution in [2.75, 3.05) is 13.1 Å². The number of rotatable bonds is 3. The van der Waals surface area contributed by atoms with Gasteiger partial charge in [-0.25, -0.2) is 0 Å². The first-order valence-electron chi connectivity index (χ1n) is 8.30. The van der Waals surface area contributed by atoms with Gasteiger partial charge in [-0.05, 0) is 68.5 Å². The zero-order valence-electron chi connectivity index (χ0n) is 13.1. The Balaban J connectivity index is 1.66. The van der Waals surface area contributed by atoms with Gasteiger partial charge >= 0.3 is 0 Å². The molecule has 0 bridgehead atoms. The van der Waals surface area contributed by atoms with Gasteiger partial charge in [-0.3, -0.25) is 0 Å². The van der Waals surface area contributed by atoms with E-state index < -0.39 is 0 Å².